The first-order valence-corrected chi connectivity index (χ1v) is 26.8. The molecular weight excluding hydrogens is 901 g/mol. The molecule has 9 nitrogen and oxygen atoms in total. The van der Waals surface area contributed by atoms with Crippen LogP contribution in [0.25, 0.3) is 0 Å². The van der Waals surface area contributed by atoms with Crippen LogP contribution in [0.3, 0.4) is 0 Å². The Morgan fingerprint density at radius 3 is 1.40 bits per heavy atom. The second-order valence-electron chi connectivity index (χ2n) is 22.2. The molecule has 4 aliphatic carbocycles. The van der Waals surface area contributed by atoms with Crippen molar-refractivity contribution in [1.29, 1.82) is 0 Å². The lowest BCUT2D eigenvalue weighted by Gasteiger charge is -2.36. The Hall–Kier alpha value is -5.44. The van der Waals surface area contributed by atoms with E-state index in [2.05, 4.69) is 13.8 Å². The molecule has 0 aromatic rings. The summed E-state index contributed by atoms with van der Waals surface area (Å²) >= 11 is 0. The molecular formula is C63H86O9. The predicted octanol–water partition coefficient (Wildman–Crippen LogP) is 14.5. The molecule has 0 radical (unpaired) electrons. The molecule has 72 heavy (non-hydrogen) atoms. The molecule has 0 amide bonds. The predicted molar refractivity (Wildman–Crippen MR) is 289 cm³/mol. The van der Waals surface area contributed by atoms with Crippen molar-refractivity contribution in [1.82, 2.24) is 0 Å². The van der Waals surface area contributed by atoms with E-state index >= 15 is 0 Å². The van der Waals surface area contributed by atoms with E-state index in [0.717, 1.165) is 59.1 Å². The number of hydrogen-bond donors (Lipinski definition) is 0. The van der Waals surface area contributed by atoms with Gasteiger partial charge in [0.25, 0.3) is 0 Å². The van der Waals surface area contributed by atoms with E-state index in [1.54, 1.807) is 6.92 Å². The Morgan fingerprint density at radius 2 is 0.917 bits per heavy atom. The zero-order chi connectivity index (χ0) is 52.8. The molecule has 0 aliphatic heterocycles. The molecule has 2 atom stereocenters. The van der Waals surface area contributed by atoms with Crippen LogP contribution in [0.15, 0.2) is 130 Å². The Kier molecular flexibility index (Phi) is 24.1. The van der Waals surface area contributed by atoms with Crippen molar-refractivity contribution in [3.8, 4) is 0 Å². The summed E-state index contributed by atoms with van der Waals surface area (Å²) in [6.07, 6.45) is 40.1. The van der Waals surface area contributed by atoms with E-state index in [0.29, 0.717) is 49.0 Å². The molecule has 0 saturated heterocycles. The smallest absolute Gasteiger partial charge is 0.307 e. The van der Waals surface area contributed by atoms with Crippen LogP contribution in [-0.2, 0) is 43.0 Å². The van der Waals surface area contributed by atoms with Crippen molar-refractivity contribution in [2.45, 2.75) is 184 Å². The van der Waals surface area contributed by atoms with Crippen molar-refractivity contribution in [3.05, 3.63) is 130 Å². The summed E-state index contributed by atoms with van der Waals surface area (Å²) in [4.78, 5) is 76.9. The minimum Gasteiger partial charge on any atom is -0.465 e. The Balaban J connectivity index is 1.20. The molecule has 392 valence electrons. The maximum atomic E-state index is 13.5. The topological polar surface area (TPSA) is 130 Å². The van der Waals surface area contributed by atoms with Gasteiger partial charge in [0.2, 0.25) is 0 Å². The Bertz CT molecular complexity index is 2140. The van der Waals surface area contributed by atoms with E-state index < -0.39 is 23.5 Å². The van der Waals surface area contributed by atoms with Gasteiger partial charge >= 0.3 is 17.9 Å². The lowest BCUT2D eigenvalue weighted by atomic mass is 9.66. The molecule has 4 aliphatic rings. The van der Waals surface area contributed by atoms with Gasteiger partial charge in [-0.1, -0.05) is 174 Å². The summed E-state index contributed by atoms with van der Waals surface area (Å²) in [5.74, 6) is -1.07. The number of ketones is 3. The van der Waals surface area contributed by atoms with Gasteiger partial charge in [-0.3, -0.25) is 28.8 Å². The van der Waals surface area contributed by atoms with Gasteiger partial charge in [-0.25, -0.2) is 0 Å². The van der Waals surface area contributed by atoms with E-state index in [4.69, 9.17) is 14.2 Å². The fourth-order valence-corrected chi connectivity index (χ4v) is 10.4. The van der Waals surface area contributed by atoms with Gasteiger partial charge in [-0.15, -0.1) is 0 Å². The zero-order valence-corrected chi connectivity index (χ0v) is 45.5. The first-order valence-electron chi connectivity index (χ1n) is 26.8. The van der Waals surface area contributed by atoms with Gasteiger partial charge in [-0.2, -0.15) is 0 Å². The van der Waals surface area contributed by atoms with E-state index in [-0.39, 0.29) is 66.8 Å². The number of hydrogen-bond acceptors (Lipinski definition) is 9. The monoisotopic (exact) mass is 987 g/mol. The quantitative estimate of drug-likeness (QED) is 0.0558. The Labute approximate surface area is 432 Å². The van der Waals surface area contributed by atoms with E-state index in [1.165, 1.54) is 38.5 Å². The molecule has 0 spiro atoms. The SMILES string of the molecule is CC(C=CC=C(C)C=CC1=C(C)C(=O)C(CC(=O)CCC(=O)OCC2CCCCC2)CC1(C)C)=CC=CC=C(C)C=CC=C(C)C=CC1=C(C)C(=O)C(OC(=O)CCC(=O)OCC2CCCCC2)CC1(C)C. The summed E-state index contributed by atoms with van der Waals surface area (Å²) in [5.41, 5.74) is 6.71. The number of esters is 3. The molecule has 2 saturated carbocycles. The molecule has 0 N–H and O–H groups in total. The second-order valence-corrected chi connectivity index (χ2v) is 22.2. The molecule has 2 unspecified atom stereocenters. The van der Waals surface area contributed by atoms with Gasteiger partial charge in [-0.05, 0) is 119 Å². The summed E-state index contributed by atoms with van der Waals surface area (Å²) < 4.78 is 16.5. The third kappa shape index (κ3) is 20.2. The summed E-state index contributed by atoms with van der Waals surface area (Å²) in [5, 5.41) is 0. The van der Waals surface area contributed by atoms with Crippen LogP contribution in [0.4, 0.5) is 0 Å². The molecule has 0 aromatic carbocycles. The van der Waals surface area contributed by atoms with E-state index in [1.807, 2.05) is 134 Å². The molecule has 9 heteroatoms. The summed E-state index contributed by atoms with van der Waals surface area (Å²) in [6, 6.07) is 0. The number of Topliss-reactive ketones (excluding diaryl/α,β-unsaturated/α-hetero) is 3. The normalized spacial score (nSPS) is 22.4. The molecule has 0 aromatic heterocycles. The summed E-state index contributed by atoms with van der Waals surface area (Å²) in [6.45, 7) is 21.0. The first kappa shape index (κ1) is 59.1. The molecule has 0 bridgehead atoms. The van der Waals surface area contributed by atoms with Crippen LogP contribution in [0.5, 0.6) is 0 Å². The number of carbonyl (C=O) groups excluding carboxylic acids is 6. The zero-order valence-electron chi connectivity index (χ0n) is 45.5. The fraction of sp³-hybridized carbons (Fsp3) is 0.556. The van der Waals surface area contributed by atoms with Crippen molar-refractivity contribution in [2.75, 3.05) is 13.2 Å². The third-order valence-electron chi connectivity index (χ3n) is 14.7. The minimum absolute atomic E-state index is 0.0136. The number of rotatable bonds is 23. The second kappa shape index (κ2) is 29.3. The number of carbonyl (C=O) groups is 6. The van der Waals surface area contributed by atoms with Crippen molar-refractivity contribution >= 4 is 35.3 Å². The standard InChI is InChI=1S/C63H86O9/c1-44(23-19-25-46(3)31-34-54-48(5)60(68)52(40-62(54,7)8)39-53(64)33-36-57(65)70-42-50-27-13-11-14-28-50)21-17-18-22-45(2)24-20-26-47(4)32-35-55-49(6)61(69)56(41-63(55,9)10)72-59(67)38-37-58(66)71-43-51-29-15-12-16-30-51/h17-26,31-32,34-35,50-52,56H,11-16,27-30,33,36-43H2,1-10H3. The maximum Gasteiger partial charge on any atom is 0.307 e. The van der Waals surface area contributed by atoms with Crippen LogP contribution in [0, 0.1) is 28.6 Å². The van der Waals surface area contributed by atoms with Gasteiger partial charge < -0.3 is 14.2 Å². The van der Waals surface area contributed by atoms with Crippen LogP contribution >= 0.6 is 0 Å². The highest BCUT2D eigenvalue weighted by Gasteiger charge is 2.40. The average Bonchev–Trinajstić information content (AvgIpc) is 3.33. The molecule has 4 rings (SSSR count). The first-order chi connectivity index (χ1) is 34.1. The average molecular weight is 987 g/mol. The number of ether oxygens (including phenoxy) is 3. The van der Waals surface area contributed by atoms with E-state index in [9.17, 15) is 28.8 Å². The number of allylic oxidation sites excluding steroid dienone is 21. The van der Waals surface area contributed by atoms with Crippen molar-refractivity contribution in [2.24, 2.45) is 28.6 Å². The van der Waals surface area contributed by atoms with Crippen LogP contribution in [-0.4, -0.2) is 54.6 Å². The Morgan fingerprint density at radius 1 is 0.514 bits per heavy atom. The van der Waals surface area contributed by atoms with Crippen LogP contribution < -0.4 is 0 Å². The largest absolute Gasteiger partial charge is 0.465 e. The molecule has 2 fully saturated rings. The lowest BCUT2D eigenvalue weighted by molar-refractivity contribution is -0.158. The highest BCUT2D eigenvalue weighted by molar-refractivity contribution is 6.02. The fourth-order valence-electron chi connectivity index (χ4n) is 10.4. The van der Waals surface area contributed by atoms with Gasteiger partial charge in [0.1, 0.15) is 5.78 Å². The van der Waals surface area contributed by atoms with Gasteiger partial charge in [0, 0.05) is 25.2 Å². The van der Waals surface area contributed by atoms with Crippen LogP contribution in [0.1, 0.15) is 178 Å². The van der Waals surface area contributed by atoms with Crippen molar-refractivity contribution in [3.63, 3.8) is 0 Å². The highest BCUT2D eigenvalue weighted by atomic mass is 16.6. The highest BCUT2D eigenvalue weighted by Crippen LogP contribution is 2.44. The van der Waals surface area contributed by atoms with Crippen LogP contribution in [0.2, 0.25) is 0 Å². The minimum atomic E-state index is -0.879. The third-order valence-corrected chi connectivity index (χ3v) is 14.7. The van der Waals surface area contributed by atoms with Gasteiger partial charge in [0.05, 0.1) is 32.5 Å². The van der Waals surface area contributed by atoms with Gasteiger partial charge in [0.15, 0.2) is 17.7 Å². The lowest BCUT2D eigenvalue weighted by Crippen LogP contribution is -2.39. The summed E-state index contributed by atoms with van der Waals surface area (Å²) in [7, 11) is 0. The maximum absolute atomic E-state index is 13.5. The van der Waals surface area contributed by atoms with Crippen molar-refractivity contribution < 1.29 is 43.0 Å². The molecule has 0 heterocycles.